The summed E-state index contributed by atoms with van der Waals surface area (Å²) in [5.41, 5.74) is 3.30. The Kier molecular flexibility index (Phi) is 6.75. The third-order valence-electron chi connectivity index (χ3n) is 5.99. The summed E-state index contributed by atoms with van der Waals surface area (Å²) in [6, 6.07) is 12.1. The number of morpholine rings is 1. The van der Waals surface area contributed by atoms with Gasteiger partial charge < -0.3 is 9.47 Å². The van der Waals surface area contributed by atoms with Crippen molar-refractivity contribution in [3.05, 3.63) is 48.3 Å². The molecule has 5 rings (SSSR count). The lowest BCUT2D eigenvalue weighted by Gasteiger charge is -2.30. The van der Waals surface area contributed by atoms with Crippen molar-refractivity contribution >= 4 is 34.7 Å². The molecule has 1 saturated carbocycles. The van der Waals surface area contributed by atoms with Crippen LogP contribution >= 0.6 is 13.5 Å². The fourth-order valence-electron chi connectivity index (χ4n) is 3.94. The number of benzene rings is 1. The highest BCUT2D eigenvalue weighted by Gasteiger charge is 2.44. The van der Waals surface area contributed by atoms with Gasteiger partial charge in [0.1, 0.15) is 12.7 Å². The van der Waals surface area contributed by atoms with E-state index in [1.54, 1.807) is 12.4 Å². The molecule has 0 bridgehead atoms. The fourth-order valence-corrected chi connectivity index (χ4v) is 4.64. The summed E-state index contributed by atoms with van der Waals surface area (Å²) in [7, 11) is -3.79. The van der Waals surface area contributed by atoms with Crippen molar-refractivity contribution in [2.75, 3.05) is 26.3 Å². The maximum Gasteiger partial charge on any atom is 0.277 e. The second kappa shape index (κ2) is 9.44. The second-order valence-electron chi connectivity index (χ2n) is 8.21. The number of nitriles is 1. The minimum Gasteiger partial charge on any atom is -0.473 e. The van der Waals surface area contributed by atoms with Crippen LogP contribution in [0.1, 0.15) is 18.4 Å². The Morgan fingerprint density at radius 1 is 1.24 bits per heavy atom. The van der Waals surface area contributed by atoms with Gasteiger partial charge in [-0.05, 0) is 24.5 Å². The van der Waals surface area contributed by atoms with Gasteiger partial charge in [-0.2, -0.15) is 31.5 Å². The van der Waals surface area contributed by atoms with E-state index in [1.807, 2.05) is 30.3 Å². The van der Waals surface area contributed by atoms with Gasteiger partial charge in [-0.1, -0.05) is 24.3 Å². The molecule has 1 atom stereocenters. The van der Waals surface area contributed by atoms with E-state index in [-0.39, 0.29) is 51.1 Å². The lowest BCUT2D eigenvalue weighted by atomic mass is 9.96. The van der Waals surface area contributed by atoms with Crippen LogP contribution < -0.4 is 9.88 Å². The van der Waals surface area contributed by atoms with E-state index >= 15 is 0 Å². The number of aromatic nitrogens is 3. The third kappa shape index (κ3) is 4.84. The third-order valence-corrected chi connectivity index (χ3v) is 7.04. The Hall–Kier alpha value is -2.82. The topological polar surface area (TPSA) is 144 Å². The Morgan fingerprint density at radius 3 is 2.65 bits per heavy atom. The monoisotopic (exact) mass is 500 g/mol. The molecule has 1 aromatic carbocycles. The molecule has 2 fully saturated rings. The normalized spacial score (nSPS) is 19.7. The van der Waals surface area contributed by atoms with Crippen LogP contribution in [0.15, 0.2) is 42.7 Å². The van der Waals surface area contributed by atoms with Crippen LogP contribution in [0.3, 0.4) is 0 Å². The zero-order chi connectivity index (χ0) is 23.1. The molecule has 10 nitrogen and oxygen atoms in total. The lowest BCUT2D eigenvalue weighted by Crippen LogP contribution is -2.49. The van der Waals surface area contributed by atoms with Crippen LogP contribution in [-0.2, 0) is 20.4 Å². The first-order valence-electron chi connectivity index (χ1n) is 10.5. The maximum atomic E-state index is 11.7. The molecule has 0 radical (unpaired) electrons. The number of pyridine rings is 1. The number of rotatable bonds is 6. The van der Waals surface area contributed by atoms with Gasteiger partial charge >= 0.3 is 0 Å². The molecule has 1 aliphatic heterocycles. The Bertz CT molecular complexity index is 1340. The van der Waals surface area contributed by atoms with Crippen molar-refractivity contribution in [2.24, 2.45) is 5.14 Å². The number of hydrogen-bond acceptors (Lipinski definition) is 8. The molecule has 3 aromatic rings. The Balaban J connectivity index is 0.00000274. The number of nitrogens with zero attached hydrogens (tertiary/aromatic N) is 5. The average Bonchev–Trinajstić information content (AvgIpc) is 3.63. The van der Waals surface area contributed by atoms with Crippen molar-refractivity contribution in [2.45, 2.75) is 24.4 Å². The molecule has 2 aromatic heterocycles. The van der Waals surface area contributed by atoms with E-state index < -0.39 is 16.3 Å². The van der Waals surface area contributed by atoms with Gasteiger partial charge in [-0.3, -0.25) is 4.98 Å². The van der Waals surface area contributed by atoms with E-state index in [0.29, 0.717) is 16.7 Å². The summed E-state index contributed by atoms with van der Waals surface area (Å²) >= 11 is 0. The van der Waals surface area contributed by atoms with Crippen molar-refractivity contribution in [3.63, 3.8) is 0 Å². The zero-order valence-electron chi connectivity index (χ0n) is 18.2. The summed E-state index contributed by atoms with van der Waals surface area (Å²) in [6.45, 7) is 0.623. The quantitative estimate of drug-likeness (QED) is 0.538. The Morgan fingerprint density at radius 2 is 1.97 bits per heavy atom. The molecule has 0 spiro atoms. The van der Waals surface area contributed by atoms with E-state index in [2.05, 4.69) is 21.0 Å². The molecular weight excluding hydrogens is 476 g/mol. The molecule has 1 aliphatic carbocycles. The van der Waals surface area contributed by atoms with Gasteiger partial charge in [0.05, 0.1) is 29.3 Å². The van der Waals surface area contributed by atoms with Crippen molar-refractivity contribution < 1.29 is 17.9 Å². The van der Waals surface area contributed by atoms with Crippen LogP contribution in [0.5, 0.6) is 5.88 Å². The molecule has 12 heteroatoms. The molecule has 0 unspecified atom stereocenters. The highest BCUT2D eigenvalue weighted by molar-refractivity contribution is 7.86. The zero-order valence-corrected chi connectivity index (χ0v) is 20.0. The van der Waals surface area contributed by atoms with E-state index in [0.717, 1.165) is 24.0 Å². The largest absolute Gasteiger partial charge is 0.473 e. The van der Waals surface area contributed by atoms with Gasteiger partial charge in [-0.25, -0.2) is 15.1 Å². The average molecular weight is 501 g/mol. The van der Waals surface area contributed by atoms with Crippen molar-refractivity contribution in [1.82, 2.24) is 19.3 Å². The minimum absolute atomic E-state index is 0. The first-order valence-corrected chi connectivity index (χ1v) is 12.0. The summed E-state index contributed by atoms with van der Waals surface area (Å²) < 4.78 is 36.0. The summed E-state index contributed by atoms with van der Waals surface area (Å²) in [5, 5.41) is 14.7. The molecule has 2 N–H and O–H groups in total. The van der Waals surface area contributed by atoms with Crippen LogP contribution in [0.4, 0.5) is 0 Å². The highest BCUT2D eigenvalue weighted by atomic mass is 32.2. The maximum absolute atomic E-state index is 11.7. The molecule has 34 heavy (non-hydrogen) atoms. The van der Waals surface area contributed by atoms with Crippen LogP contribution in [0.25, 0.3) is 22.3 Å². The fraction of sp³-hybridized carbons (Fsp3) is 0.364. The molecule has 3 heterocycles. The van der Waals surface area contributed by atoms with Gasteiger partial charge in [0, 0.05) is 31.0 Å². The van der Waals surface area contributed by atoms with E-state index in [1.165, 1.54) is 4.31 Å². The first-order chi connectivity index (χ1) is 15.9. The number of ether oxygens (including phenoxy) is 2. The summed E-state index contributed by atoms with van der Waals surface area (Å²) in [5.74, 6) is 0.284. The smallest absolute Gasteiger partial charge is 0.277 e. The van der Waals surface area contributed by atoms with Crippen molar-refractivity contribution in [3.8, 4) is 23.2 Å². The summed E-state index contributed by atoms with van der Waals surface area (Å²) in [4.78, 5) is 13.4. The SMILES string of the molecule is N#CC1(c2ccc(-c3cc4nccnc4c(OC[C@@H]4CN(S(N)(=O)=O)CCO4)n3)cc2)CC1.S. The van der Waals surface area contributed by atoms with E-state index in [9.17, 15) is 13.7 Å². The number of fused-ring (bicyclic) bond motifs is 1. The van der Waals surface area contributed by atoms with Gasteiger partial charge in [0.2, 0.25) is 5.88 Å². The second-order valence-corrected chi connectivity index (χ2v) is 9.76. The lowest BCUT2D eigenvalue weighted by molar-refractivity contribution is -0.0254. The molecule has 2 aliphatic rings. The van der Waals surface area contributed by atoms with Crippen LogP contribution in [0, 0.1) is 11.3 Å². The van der Waals surface area contributed by atoms with Crippen LogP contribution in [-0.4, -0.2) is 60.1 Å². The van der Waals surface area contributed by atoms with Crippen molar-refractivity contribution in [1.29, 1.82) is 5.26 Å². The van der Waals surface area contributed by atoms with Crippen LogP contribution in [0.2, 0.25) is 0 Å². The minimum atomic E-state index is -3.79. The number of hydrogen-bond donors (Lipinski definition) is 1. The first kappa shape index (κ1) is 24.3. The Labute approximate surface area is 204 Å². The predicted octanol–water partition coefficient (Wildman–Crippen LogP) is 1.64. The summed E-state index contributed by atoms with van der Waals surface area (Å²) in [6.07, 6.45) is 4.43. The highest BCUT2D eigenvalue weighted by Crippen LogP contribution is 2.47. The number of nitrogens with two attached hydrogens (primary N) is 1. The molecule has 0 amide bonds. The van der Waals surface area contributed by atoms with E-state index in [4.69, 9.17) is 14.6 Å². The standard InChI is InChI=1S/C22H22N6O4S.H2S/c23-14-22(5-6-22)16-3-1-15(2-4-16)18-11-19-20(26-8-7-25-19)21(27-18)32-13-17-12-28(9-10-31-17)33(24,29)30;/h1-4,7-8,11,17H,5-6,9-10,12-13H2,(H2,24,29,30);1H2/t17-;/m0./s1. The molecule has 1 saturated heterocycles. The van der Waals surface area contributed by atoms with Gasteiger partial charge in [-0.15, -0.1) is 0 Å². The molecule has 178 valence electrons. The van der Waals surface area contributed by atoms with Gasteiger partial charge in [0.25, 0.3) is 10.2 Å². The molecular formula is C22H24N6O4S2. The van der Waals surface area contributed by atoms with Gasteiger partial charge in [0.15, 0.2) is 5.52 Å². The predicted molar refractivity (Wildman–Crippen MR) is 130 cm³/mol.